The van der Waals surface area contributed by atoms with Gasteiger partial charge < -0.3 is 15.4 Å². The number of nitrogens with zero attached hydrogens (tertiary/aromatic N) is 3. The first kappa shape index (κ1) is 17.3. The molecule has 1 amide bonds. The van der Waals surface area contributed by atoms with Gasteiger partial charge in [0.2, 0.25) is 0 Å². The maximum atomic E-state index is 12.3. The van der Waals surface area contributed by atoms with E-state index in [1.807, 2.05) is 18.2 Å². The van der Waals surface area contributed by atoms with Crippen LogP contribution in [0.3, 0.4) is 0 Å². The summed E-state index contributed by atoms with van der Waals surface area (Å²) in [4.78, 5) is 24.4. The van der Waals surface area contributed by atoms with Gasteiger partial charge in [-0.2, -0.15) is 0 Å². The van der Waals surface area contributed by atoms with E-state index < -0.39 is 0 Å². The zero-order chi connectivity index (χ0) is 18.0. The number of nitrogens with one attached hydrogen (secondary N) is 2. The average molecular weight is 349 g/mol. The fourth-order valence-corrected chi connectivity index (χ4v) is 2.24. The molecule has 132 valence electrons. The Morgan fingerprint density at radius 3 is 2.73 bits per heavy atom. The van der Waals surface area contributed by atoms with Crippen LogP contribution in [0.1, 0.15) is 15.9 Å². The second-order valence-corrected chi connectivity index (χ2v) is 5.45. The van der Waals surface area contributed by atoms with Crippen molar-refractivity contribution in [2.45, 2.75) is 6.61 Å². The van der Waals surface area contributed by atoms with Crippen LogP contribution in [0.5, 0.6) is 5.75 Å². The molecule has 1 aromatic carbocycles. The zero-order valence-electron chi connectivity index (χ0n) is 14.1. The van der Waals surface area contributed by atoms with Crippen LogP contribution in [-0.4, -0.2) is 33.9 Å². The molecule has 0 spiro atoms. The molecule has 7 nitrogen and oxygen atoms in total. The van der Waals surface area contributed by atoms with Gasteiger partial charge in [0.25, 0.3) is 5.91 Å². The van der Waals surface area contributed by atoms with E-state index in [1.54, 1.807) is 49.2 Å². The third kappa shape index (κ3) is 5.27. The Hall–Kier alpha value is -3.48. The monoisotopic (exact) mass is 349 g/mol. The Labute approximate surface area is 151 Å². The van der Waals surface area contributed by atoms with Gasteiger partial charge in [0.05, 0.1) is 6.20 Å². The first-order chi connectivity index (χ1) is 12.8. The number of anilines is 1. The fourth-order valence-electron chi connectivity index (χ4n) is 2.24. The molecule has 0 atom stereocenters. The topological polar surface area (TPSA) is 89.0 Å². The quantitative estimate of drug-likeness (QED) is 0.607. The summed E-state index contributed by atoms with van der Waals surface area (Å²) in [6, 6.07) is 10.9. The largest absolute Gasteiger partial charge is 0.489 e. The van der Waals surface area contributed by atoms with Crippen molar-refractivity contribution in [1.29, 1.82) is 0 Å². The molecule has 0 unspecified atom stereocenters. The van der Waals surface area contributed by atoms with E-state index in [2.05, 4.69) is 25.6 Å². The van der Waals surface area contributed by atoms with E-state index in [0.717, 1.165) is 5.56 Å². The van der Waals surface area contributed by atoms with Crippen molar-refractivity contribution >= 4 is 11.7 Å². The van der Waals surface area contributed by atoms with E-state index in [4.69, 9.17) is 4.74 Å². The summed E-state index contributed by atoms with van der Waals surface area (Å²) in [5.74, 6) is 1.16. The fraction of sp³-hybridized carbons (Fsp3) is 0.158. The van der Waals surface area contributed by atoms with Gasteiger partial charge in [-0.25, -0.2) is 4.98 Å². The van der Waals surface area contributed by atoms with E-state index in [0.29, 0.717) is 36.8 Å². The number of carbonyl (C=O) groups is 1. The van der Waals surface area contributed by atoms with Gasteiger partial charge in [-0.3, -0.25) is 14.8 Å². The summed E-state index contributed by atoms with van der Waals surface area (Å²) in [6.45, 7) is 1.43. The molecule has 0 saturated heterocycles. The molecule has 0 aliphatic carbocycles. The Balaban J connectivity index is 1.46. The van der Waals surface area contributed by atoms with Crippen molar-refractivity contribution in [2.24, 2.45) is 0 Å². The van der Waals surface area contributed by atoms with Crippen LogP contribution in [0.25, 0.3) is 0 Å². The first-order valence-corrected chi connectivity index (χ1v) is 8.21. The molecule has 2 N–H and O–H groups in total. The molecule has 3 rings (SSSR count). The van der Waals surface area contributed by atoms with Gasteiger partial charge in [0.1, 0.15) is 18.2 Å². The zero-order valence-corrected chi connectivity index (χ0v) is 14.1. The number of amides is 1. The summed E-state index contributed by atoms with van der Waals surface area (Å²) in [5.41, 5.74) is 1.52. The van der Waals surface area contributed by atoms with Crippen LogP contribution in [0.15, 0.2) is 67.4 Å². The van der Waals surface area contributed by atoms with Crippen molar-refractivity contribution in [2.75, 3.05) is 18.4 Å². The van der Waals surface area contributed by atoms with Crippen LogP contribution in [-0.2, 0) is 6.61 Å². The van der Waals surface area contributed by atoms with Gasteiger partial charge >= 0.3 is 0 Å². The molecule has 26 heavy (non-hydrogen) atoms. The predicted molar refractivity (Wildman–Crippen MR) is 97.9 cm³/mol. The van der Waals surface area contributed by atoms with Crippen LogP contribution in [0.4, 0.5) is 5.82 Å². The molecule has 0 radical (unpaired) electrons. The van der Waals surface area contributed by atoms with Crippen molar-refractivity contribution in [1.82, 2.24) is 20.3 Å². The first-order valence-electron chi connectivity index (χ1n) is 8.21. The van der Waals surface area contributed by atoms with Crippen LogP contribution >= 0.6 is 0 Å². The lowest BCUT2D eigenvalue weighted by Crippen LogP contribution is -2.28. The highest BCUT2D eigenvalue weighted by Gasteiger charge is 2.06. The molecule has 2 heterocycles. The van der Waals surface area contributed by atoms with Gasteiger partial charge in [-0.15, -0.1) is 0 Å². The Morgan fingerprint density at radius 1 is 1.00 bits per heavy atom. The molecule has 0 aliphatic rings. The van der Waals surface area contributed by atoms with E-state index in [-0.39, 0.29) is 5.91 Å². The van der Waals surface area contributed by atoms with Crippen molar-refractivity contribution < 1.29 is 9.53 Å². The number of hydrogen-bond acceptors (Lipinski definition) is 6. The number of carbonyl (C=O) groups excluding carboxylic acids is 1. The summed E-state index contributed by atoms with van der Waals surface area (Å²) in [5, 5.41) is 5.94. The molecule has 0 fully saturated rings. The number of benzene rings is 1. The molecular formula is C19H19N5O2. The molecular weight excluding hydrogens is 330 g/mol. The molecule has 3 aromatic rings. The summed E-state index contributed by atoms with van der Waals surface area (Å²) in [7, 11) is 0. The standard InChI is InChI=1S/C19H19N5O2/c25-19(24-10-9-23-18-13-21-7-8-22-18)16-4-1-5-17(11-16)26-14-15-3-2-6-20-12-15/h1-8,11-13H,9-10,14H2,(H,22,23)(H,24,25). The maximum Gasteiger partial charge on any atom is 0.251 e. The molecule has 2 aromatic heterocycles. The van der Waals surface area contributed by atoms with Crippen molar-refractivity contribution in [3.05, 3.63) is 78.5 Å². The highest BCUT2D eigenvalue weighted by Crippen LogP contribution is 2.15. The number of rotatable bonds is 8. The van der Waals surface area contributed by atoms with Crippen LogP contribution in [0.2, 0.25) is 0 Å². The van der Waals surface area contributed by atoms with Crippen molar-refractivity contribution in [3.8, 4) is 5.75 Å². The Bertz CT molecular complexity index is 828. The Kier molecular flexibility index (Phi) is 6.09. The third-order valence-electron chi connectivity index (χ3n) is 3.50. The van der Waals surface area contributed by atoms with Crippen LogP contribution < -0.4 is 15.4 Å². The number of hydrogen-bond donors (Lipinski definition) is 2. The van der Waals surface area contributed by atoms with Gasteiger partial charge in [-0.1, -0.05) is 12.1 Å². The second kappa shape index (κ2) is 9.12. The Morgan fingerprint density at radius 2 is 1.92 bits per heavy atom. The van der Waals surface area contributed by atoms with E-state index in [9.17, 15) is 4.79 Å². The third-order valence-corrected chi connectivity index (χ3v) is 3.50. The minimum atomic E-state index is -0.155. The predicted octanol–water partition coefficient (Wildman–Crippen LogP) is 2.29. The number of aromatic nitrogens is 3. The van der Waals surface area contributed by atoms with Crippen molar-refractivity contribution in [3.63, 3.8) is 0 Å². The smallest absolute Gasteiger partial charge is 0.251 e. The minimum absolute atomic E-state index is 0.155. The summed E-state index contributed by atoms with van der Waals surface area (Å²) in [6.07, 6.45) is 8.31. The minimum Gasteiger partial charge on any atom is -0.489 e. The number of pyridine rings is 1. The molecule has 7 heteroatoms. The second-order valence-electron chi connectivity index (χ2n) is 5.45. The SMILES string of the molecule is O=C(NCCNc1cnccn1)c1cccc(OCc2cccnc2)c1. The highest BCUT2D eigenvalue weighted by atomic mass is 16.5. The van der Waals surface area contributed by atoms with E-state index >= 15 is 0 Å². The van der Waals surface area contributed by atoms with Crippen LogP contribution in [0, 0.1) is 0 Å². The highest BCUT2D eigenvalue weighted by molar-refractivity contribution is 5.94. The number of ether oxygens (including phenoxy) is 1. The molecule has 0 aliphatic heterocycles. The van der Waals surface area contributed by atoms with Gasteiger partial charge in [0.15, 0.2) is 0 Å². The average Bonchev–Trinajstić information content (AvgIpc) is 2.71. The maximum absolute atomic E-state index is 12.3. The summed E-state index contributed by atoms with van der Waals surface area (Å²) < 4.78 is 5.72. The molecule has 0 bridgehead atoms. The lowest BCUT2D eigenvalue weighted by atomic mass is 10.2. The van der Waals surface area contributed by atoms with Gasteiger partial charge in [-0.05, 0) is 24.3 Å². The summed E-state index contributed by atoms with van der Waals surface area (Å²) >= 11 is 0. The normalized spacial score (nSPS) is 10.2. The van der Waals surface area contributed by atoms with Gasteiger partial charge in [0, 0.05) is 49.0 Å². The molecule has 0 saturated carbocycles. The lowest BCUT2D eigenvalue weighted by Gasteiger charge is -2.09. The lowest BCUT2D eigenvalue weighted by molar-refractivity contribution is 0.0954. The van der Waals surface area contributed by atoms with E-state index in [1.165, 1.54) is 0 Å².